The average molecular weight is 150 g/mol. The van der Waals surface area contributed by atoms with Gasteiger partial charge in [-0.05, 0) is 31.6 Å². The van der Waals surface area contributed by atoms with Crippen LogP contribution in [0.1, 0.15) is 26.7 Å². The van der Waals surface area contributed by atoms with Gasteiger partial charge in [-0.25, -0.2) is 0 Å². The van der Waals surface area contributed by atoms with Crippen LogP contribution < -0.4 is 0 Å². The van der Waals surface area contributed by atoms with Crippen molar-refractivity contribution in [1.82, 2.24) is 0 Å². The van der Waals surface area contributed by atoms with Crippen LogP contribution in [0.3, 0.4) is 0 Å². The van der Waals surface area contributed by atoms with E-state index in [1.165, 1.54) is 6.42 Å². The van der Waals surface area contributed by atoms with Gasteiger partial charge >= 0.3 is 0 Å². The molecule has 0 spiro atoms. The summed E-state index contributed by atoms with van der Waals surface area (Å²) in [5.41, 5.74) is -0.0145. The lowest BCUT2D eigenvalue weighted by molar-refractivity contribution is -0.126. The zero-order valence-electron chi connectivity index (χ0n) is 7.13. The van der Waals surface area contributed by atoms with Crippen LogP contribution in [0.25, 0.3) is 0 Å². The van der Waals surface area contributed by atoms with Gasteiger partial charge in [0.1, 0.15) is 5.78 Å². The molecule has 3 atom stereocenters. The van der Waals surface area contributed by atoms with Crippen LogP contribution in [0.5, 0.6) is 0 Å². The van der Waals surface area contributed by atoms with Gasteiger partial charge in [0.25, 0.3) is 0 Å². The predicted molar refractivity (Wildman–Crippen MR) is 44.1 cm³/mol. The fourth-order valence-electron chi connectivity index (χ4n) is 2.50. The third-order valence-corrected chi connectivity index (χ3v) is 3.48. The molecule has 1 saturated carbocycles. The van der Waals surface area contributed by atoms with E-state index in [0.29, 0.717) is 17.6 Å². The molecule has 0 aromatic heterocycles. The van der Waals surface area contributed by atoms with E-state index in [4.69, 9.17) is 0 Å². The highest BCUT2D eigenvalue weighted by atomic mass is 16.1. The molecule has 0 aromatic carbocycles. The minimum atomic E-state index is -0.0145. The Hall–Kier alpha value is -0.590. The van der Waals surface area contributed by atoms with Crippen molar-refractivity contribution in [3.63, 3.8) is 0 Å². The number of ketones is 1. The van der Waals surface area contributed by atoms with Crippen LogP contribution in [-0.2, 0) is 4.79 Å². The number of rotatable bonds is 1. The molecule has 0 heterocycles. The number of fused-ring (bicyclic) bond motifs is 2. The molecule has 1 nitrogen and oxygen atoms in total. The first-order chi connectivity index (χ1) is 5.13. The minimum Gasteiger partial charge on any atom is -0.299 e. The van der Waals surface area contributed by atoms with E-state index in [1.54, 1.807) is 6.92 Å². The Morgan fingerprint density at radius 2 is 2.27 bits per heavy atom. The molecular weight excluding hydrogens is 136 g/mol. The summed E-state index contributed by atoms with van der Waals surface area (Å²) in [6.07, 6.45) is 6.81. The Morgan fingerprint density at radius 1 is 1.55 bits per heavy atom. The Labute approximate surface area is 67.5 Å². The molecule has 0 N–H and O–H groups in total. The molecule has 1 fully saturated rings. The highest BCUT2D eigenvalue weighted by Crippen LogP contribution is 2.52. The van der Waals surface area contributed by atoms with E-state index in [0.717, 1.165) is 6.42 Å². The second-order valence-corrected chi connectivity index (χ2v) is 4.16. The zero-order valence-corrected chi connectivity index (χ0v) is 7.13. The van der Waals surface area contributed by atoms with E-state index in [2.05, 4.69) is 19.1 Å². The largest absolute Gasteiger partial charge is 0.299 e. The standard InChI is InChI=1S/C10H14O/c1-7(11)10(2)6-8-3-4-9(10)5-8/h3-4,8-9H,5-6H2,1-2H3/t8-,9-,10?/m0/s1. The van der Waals surface area contributed by atoms with Gasteiger partial charge in [0.15, 0.2) is 0 Å². The number of hydrogen-bond donors (Lipinski definition) is 0. The summed E-state index contributed by atoms with van der Waals surface area (Å²) in [6, 6.07) is 0. The number of carbonyl (C=O) groups is 1. The summed E-state index contributed by atoms with van der Waals surface area (Å²) in [6.45, 7) is 3.85. The van der Waals surface area contributed by atoms with Gasteiger partial charge in [-0.1, -0.05) is 19.1 Å². The van der Waals surface area contributed by atoms with Crippen molar-refractivity contribution in [3.8, 4) is 0 Å². The van der Waals surface area contributed by atoms with Crippen molar-refractivity contribution in [1.29, 1.82) is 0 Å². The highest BCUT2D eigenvalue weighted by Gasteiger charge is 2.47. The second-order valence-electron chi connectivity index (χ2n) is 4.16. The fraction of sp³-hybridized carbons (Fsp3) is 0.700. The van der Waals surface area contributed by atoms with Gasteiger partial charge in [0.05, 0.1) is 0 Å². The lowest BCUT2D eigenvalue weighted by Crippen LogP contribution is -2.29. The number of carbonyl (C=O) groups excluding carboxylic acids is 1. The van der Waals surface area contributed by atoms with Gasteiger partial charge in [-0.2, -0.15) is 0 Å². The molecule has 0 saturated heterocycles. The highest BCUT2D eigenvalue weighted by molar-refractivity contribution is 5.83. The van der Waals surface area contributed by atoms with Crippen LogP contribution in [-0.4, -0.2) is 5.78 Å². The van der Waals surface area contributed by atoms with Crippen molar-refractivity contribution >= 4 is 5.78 Å². The number of Topliss-reactive ketones (excluding diaryl/α,β-unsaturated/α-hetero) is 1. The first-order valence-electron chi connectivity index (χ1n) is 4.32. The van der Waals surface area contributed by atoms with E-state index >= 15 is 0 Å². The zero-order chi connectivity index (χ0) is 8.06. The maximum atomic E-state index is 11.3. The second kappa shape index (κ2) is 1.96. The summed E-state index contributed by atoms with van der Waals surface area (Å²) in [5.74, 6) is 1.62. The fourth-order valence-corrected chi connectivity index (χ4v) is 2.50. The molecule has 0 amide bonds. The van der Waals surface area contributed by atoms with E-state index in [9.17, 15) is 4.79 Å². The van der Waals surface area contributed by atoms with Crippen LogP contribution in [0.4, 0.5) is 0 Å². The van der Waals surface area contributed by atoms with Crippen molar-refractivity contribution in [3.05, 3.63) is 12.2 Å². The van der Waals surface area contributed by atoms with Crippen LogP contribution in [0.2, 0.25) is 0 Å². The molecule has 2 rings (SSSR count). The van der Waals surface area contributed by atoms with Crippen LogP contribution in [0.15, 0.2) is 12.2 Å². The average Bonchev–Trinajstić information content (AvgIpc) is 2.45. The molecule has 0 aromatic rings. The topological polar surface area (TPSA) is 17.1 Å². The SMILES string of the molecule is CC(=O)C1(C)C[C@H]2C=C[C@H]1C2. The molecule has 2 aliphatic carbocycles. The Balaban J connectivity index is 2.30. The molecular formula is C10H14O. The quantitative estimate of drug-likeness (QED) is 0.523. The number of hydrogen-bond acceptors (Lipinski definition) is 1. The third kappa shape index (κ3) is 0.800. The number of allylic oxidation sites excluding steroid dienone is 2. The molecule has 11 heavy (non-hydrogen) atoms. The molecule has 60 valence electrons. The summed E-state index contributed by atoms with van der Waals surface area (Å²) in [7, 11) is 0. The van der Waals surface area contributed by atoms with Gasteiger partial charge in [0.2, 0.25) is 0 Å². The van der Waals surface area contributed by atoms with Gasteiger partial charge < -0.3 is 0 Å². The maximum absolute atomic E-state index is 11.3. The van der Waals surface area contributed by atoms with E-state index < -0.39 is 0 Å². The molecule has 1 unspecified atom stereocenters. The molecule has 2 aliphatic rings. The summed E-state index contributed by atoms with van der Waals surface area (Å²) in [5, 5.41) is 0. The summed E-state index contributed by atoms with van der Waals surface area (Å²) >= 11 is 0. The van der Waals surface area contributed by atoms with E-state index in [1.807, 2.05) is 0 Å². The van der Waals surface area contributed by atoms with Crippen molar-refractivity contribution in [2.45, 2.75) is 26.7 Å². The lowest BCUT2D eigenvalue weighted by atomic mass is 9.75. The third-order valence-electron chi connectivity index (χ3n) is 3.48. The van der Waals surface area contributed by atoms with Gasteiger partial charge in [-0.3, -0.25) is 4.79 Å². The summed E-state index contributed by atoms with van der Waals surface area (Å²) in [4.78, 5) is 11.3. The van der Waals surface area contributed by atoms with Crippen LogP contribution >= 0.6 is 0 Å². The normalized spacial score (nSPS) is 46.7. The molecule has 0 radical (unpaired) electrons. The maximum Gasteiger partial charge on any atom is 0.136 e. The van der Waals surface area contributed by atoms with Crippen molar-refractivity contribution < 1.29 is 4.79 Å². The lowest BCUT2D eigenvalue weighted by Gasteiger charge is -2.27. The first-order valence-corrected chi connectivity index (χ1v) is 4.32. The minimum absolute atomic E-state index is 0.0145. The van der Waals surface area contributed by atoms with Crippen LogP contribution in [0, 0.1) is 17.3 Å². The molecule has 2 bridgehead atoms. The van der Waals surface area contributed by atoms with Gasteiger partial charge in [0, 0.05) is 5.41 Å². The summed E-state index contributed by atoms with van der Waals surface area (Å²) < 4.78 is 0. The van der Waals surface area contributed by atoms with Gasteiger partial charge in [-0.15, -0.1) is 0 Å². The Kier molecular flexibility index (Phi) is 1.26. The molecule has 0 aliphatic heterocycles. The van der Waals surface area contributed by atoms with Crippen molar-refractivity contribution in [2.24, 2.45) is 17.3 Å². The van der Waals surface area contributed by atoms with Crippen molar-refractivity contribution in [2.75, 3.05) is 0 Å². The predicted octanol–water partition coefficient (Wildman–Crippen LogP) is 2.18. The smallest absolute Gasteiger partial charge is 0.136 e. The first kappa shape index (κ1) is 7.08. The van der Waals surface area contributed by atoms with E-state index in [-0.39, 0.29) is 5.41 Å². The molecule has 1 heteroatoms. The monoisotopic (exact) mass is 150 g/mol. The Bertz CT molecular complexity index is 229. The Morgan fingerprint density at radius 3 is 2.55 bits per heavy atom.